The topological polar surface area (TPSA) is 79.5 Å². The Morgan fingerprint density at radius 1 is 1.25 bits per heavy atom. The van der Waals surface area contributed by atoms with Gasteiger partial charge in [-0.1, -0.05) is 36.4 Å². The van der Waals surface area contributed by atoms with Crippen molar-refractivity contribution in [1.29, 1.82) is 0 Å². The van der Waals surface area contributed by atoms with Gasteiger partial charge in [-0.15, -0.1) is 0 Å². The van der Waals surface area contributed by atoms with Crippen LogP contribution in [0.2, 0.25) is 0 Å². The van der Waals surface area contributed by atoms with E-state index in [4.69, 9.17) is 4.74 Å². The Kier molecular flexibility index (Phi) is 9.32. The van der Waals surface area contributed by atoms with Crippen molar-refractivity contribution in [3.63, 3.8) is 0 Å². The molecule has 0 spiro atoms. The molecule has 3 atom stereocenters. The highest BCUT2D eigenvalue weighted by atomic mass is 32.2. The van der Waals surface area contributed by atoms with Gasteiger partial charge in [-0.2, -0.15) is 24.4 Å². The number of carbonyl (C=O) groups excluding carboxylic acids is 2. The number of ether oxygens (including phenoxy) is 1. The van der Waals surface area contributed by atoms with Crippen LogP contribution in [0, 0.1) is 0 Å². The lowest BCUT2D eigenvalue weighted by molar-refractivity contribution is -0.142. The summed E-state index contributed by atoms with van der Waals surface area (Å²) >= 11 is 6.25. The molecule has 1 heterocycles. The largest absolute Gasteiger partial charge is 0.467 e. The molecule has 6 nitrogen and oxygen atoms in total. The zero-order valence-corrected chi connectivity index (χ0v) is 20.2. The first kappa shape index (κ1) is 24.5. The van der Waals surface area contributed by atoms with Crippen molar-refractivity contribution in [2.75, 3.05) is 37.5 Å². The summed E-state index contributed by atoms with van der Waals surface area (Å²) in [6.07, 6.45) is 3.52. The fourth-order valence-electron chi connectivity index (χ4n) is 3.76. The summed E-state index contributed by atoms with van der Waals surface area (Å²) in [5.74, 6) is 0.0112. The first-order valence-corrected chi connectivity index (χ1v) is 12.7. The highest BCUT2D eigenvalue weighted by Gasteiger charge is 2.25. The second-order valence-electron chi connectivity index (χ2n) is 7.75. The fraction of sp³-hybridized carbons (Fsp3) is 0.417. The molecule has 0 radical (unpaired) electrons. The molecular formula is C24H31N3O3S2. The molecule has 0 aliphatic carbocycles. The maximum Gasteiger partial charge on any atom is 0.328 e. The number of methoxy groups -OCH3 is 1. The van der Waals surface area contributed by atoms with Gasteiger partial charge in [0, 0.05) is 29.1 Å². The van der Waals surface area contributed by atoms with Gasteiger partial charge in [-0.05, 0) is 54.7 Å². The Morgan fingerprint density at radius 3 is 2.69 bits per heavy atom. The summed E-state index contributed by atoms with van der Waals surface area (Å²) in [5.41, 5.74) is 3.12. The van der Waals surface area contributed by atoms with Crippen molar-refractivity contribution < 1.29 is 14.3 Å². The molecule has 172 valence electrons. The van der Waals surface area contributed by atoms with E-state index in [1.165, 1.54) is 7.11 Å². The number of esters is 1. The SMILES string of the molecule is COC(=O)[C@H](CCSC)NC(=O)c1cc(NC[C@@H]2NCC[C@H]2S)ccc1-c1ccccc1. The maximum atomic E-state index is 13.3. The van der Waals surface area contributed by atoms with Crippen LogP contribution in [0.5, 0.6) is 0 Å². The number of hydrogen-bond donors (Lipinski definition) is 4. The minimum absolute atomic E-state index is 0.277. The normalized spacial score (nSPS) is 18.7. The quantitative estimate of drug-likeness (QED) is 0.313. The third-order valence-electron chi connectivity index (χ3n) is 5.59. The molecule has 1 saturated heterocycles. The molecule has 0 aromatic heterocycles. The molecule has 8 heteroatoms. The van der Waals surface area contributed by atoms with Gasteiger partial charge >= 0.3 is 5.97 Å². The summed E-state index contributed by atoms with van der Waals surface area (Å²) in [6.45, 7) is 1.69. The molecule has 0 saturated carbocycles. The van der Waals surface area contributed by atoms with Crippen LogP contribution in [0.1, 0.15) is 23.2 Å². The van der Waals surface area contributed by atoms with Crippen molar-refractivity contribution in [3.8, 4) is 11.1 Å². The smallest absolute Gasteiger partial charge is 0.328 e. The average molecular weight is 474 g/mol. The number of hydrogen-bond acceptors (Lipinski definition) is 7. The summed E-state index contributed by atoms with van der Waals surface area (Å²) in [4.78, 5) is 25.5. The molecule has 1 fully saturated rings. The van der Waals surface area contributed by atoms with Crippen LogP contribution in [0.15, 0.2) is 48.5 Å². The van der Waals surface area contributed by atoms with E-state index in [0.29, 0.717) is 17.2 Å². The van der Waals surface area contributed by atoms with Crippen molar-refractivity contribution in [2.45, 2.75) is 30.2 Å². The number of nitrogens with one attached hydrogen (secondary N) is 3. The van der Waals surface area contributed by atoms with Crippen LogP contribution in [-0.4, -0.2) is 61.4 Å². The summed E-state index contributed by atoms with van der Waals surface area (Å²) in [7, 11) is 1.34. The number of thiol groups is 1. The number of thioether (sulfide) groups is 1. The molecule has 2 aromatic carbocycles. The number of carbonyl (C=O) groups is 2. The van der Waals surface area contributed by atoms with Gasteiger partial charge in [0.2, 0.25) is 0 Å². The monoisotopic (exact) mass is 473 g/mol. The Balaban J connectivity index is 1.85. The van der Waals surface area contributed by atoms with Crippen LogP contribution in [-0.2, 0) is 9.53 Å². The lowest BCUT2D eigenvalue weighted by Crippen LogP contribution is -2.42. The van der Waals surface area contributed by atoms with E-state index < -0.39 is 12.0 Å². The van der Waals surface area contributed by atoms with E-state index in [2.05, 4.69) is 28.6 Å². The van der Waals surface area contributed by atoms with Crippen LogP contribution in [0.4, 0.5) is 5.69 Å². The van der Waals surface area contributed by atoms with Crippen LogP contribution in [0.25, 0.3) is 11.1 Å². The van der Waals surface area contributed by atoms with Gasteiger partial charge in [-0.3, -0.25) is 4.79 Å². The third kappa shape index (κ3) is 6.43. The first-order valence-electron chi connectivity index (χ1n) is 10.8. The lowest BCUT2D eigenvalue weighted by Gasteiger charge is -2.20. The van der Waals surface area contributed by atoms with E-state index in [9.17, 15) is 9.59 Å². The number of rotatable bonds is 10. The van der Waals surface area contributed by atoms with E-state index in [1.54, 1.807) is 11.8 Å². The zero-order valence-electron chi connectivity index (χ0n) is 18.5. The van der Waals surface area contributed by atoms with Gasteiger partial charge in [0.1, 0.15) is 6.04 Å². The molecule has 3 N–H and O–H groups in total. The first-order chi connectivity index (χ1) is 15.5. The van der Waals surface area contributed by atoms with E-state index in [1.807, 2.05) is 54.8 Å². The molecule has 1 aliphatic heterocycles. The second-order valence-corrected chi connectivity index (χ2v) is 9.40. The predicted molar refractivity (Wildman–Crippen MR) is 136 cm³/mol. The molecule has 2 aromatic rings. The Bertz CT molecular complexity index is 911. The predicted octanol–water partition coefficient (Wildman–Crippen LogP) is 3.45. The second kappa shape index (κ2) is 12.2. The molecule has 0 unspecified atom stereocenters. The molecule has 32 heavy (non-hydrogen) atoms. The van der Waals surface area contributed by atoms with Crippen molar-refractivity contribution >= 4 is 42.0 Å². The van der Waals surface area contributed by atoms with Crippen molar-refractivity contribution in [1.82, 2.24) is 10.6 Å². The maximum absolute atomic E-state index is 13.3. The number of amides is 1. The van der Waals surface area contributed by atoms with E-state index in [-0.39, 0.29) is 11.9 Å². The zero-order chi connectivity index (χ0) is 22.9. The van der Waals surface area contributed by atoms with Gasteiger partial charge < -0.3 is 20.7 Å². The minimum Gasteiger partial charge on any atom is -0.467 e. The van der Waals surface area contributed by atoms with Gasteiger partial charge in [-0.25, -0.2) is 4.79 Å². The molecule has 1 amide bonds. The van der Waals surface area contributed by atoms with Crippen LogP contribution < -0.4 is 16.0 Å². The van der Waals surface area contributed by atoms with Crippen molar-refractivity contribution in [3.05, 3.63) is 54.1 Å². The number of anilines is 1. The van der Waals surface area contributed by atoms with Crippen molar-refractivity contribution in [2.24, 2.45) is 0 Å². The van der Waals surface area contributed by atoms with Crippen LogP contribution in [0.3, 0.4) is 0 Å². The van der Waals surface area contributed by atoms with E-state index in [0.717, 1.165) is 42.1 Å². The molecule has 0 bridgehead atoms. The third-order valence-corrected chi connectivity index (χ3v) is 6.85. The highest BCUT2D eigenvalue weighted by molar-refractivity contribution is 7.98. The fourth-order valence-corrected chi connectivity index (χ4v) is 4.58. The van der Waals surface area contributed by atoms with Crippen LogP contribution >= 0.6 is 24.4 Å². The Labute approximate surface area is 199 Å². The van der Waals surface area contributed by atoms with E-state index >= 15 is 0 Å². The molecule has 3 rings (SSSR count). The number of benzene rings is 2. The average Bonchev–Trinajstić information content (AvgIpc) is 3.24. The summed E-state index contributed by atoms with van der Waals surface area (Å²) in [6, 6.07) is 15.1. The standard InChI is InChI=1S/C24H31N3O3S2/c1-30-24(29)20(11-13-32-2)27-23(28)19-14-17(26-15-21-22(31)10-12-25-21)8-9-18(19)16-6-4-3-5-7-16/h3-9,14,20-22,25-26,31H,10-13,15H2,1-2H3,(H,27,28)/t20-,21-,22+/m0/s1. The lowest BCUT2D eigenvalue weighted by atomic mass is 9.98. The van der Waals surface area contributed by atoms with Gasteiger partial charge in [0.05, 0.1) is 7.11 Å². The molecule has 1 aliphatic rings. The Hall–Kier alpha value is -2.16. The highest BCUT2D eigenvalue weighted by Crippen LogP contribution is 2.27. The summed E-state index contributed by atoms with van der Waals surface area (Å²) < 4.78 is 4.90. The minimum atomic E-state index is -0.687. The molecular weight excluding hydrogens is 442 g/mol. The Morgan fingerprint density at radius 2 is 2.03 bits per heavy atom. The summed E-state index contributed by atoms with van der Waals surface area (Å²) in [5, 5.41) is 10.1. The van der Waals surface area contributed by atoms with Gasteiger partial charge in [0.25, 0.3) is 5.91 Å². The van der Waals surface area contributed by atoms with Gasteiger partial charge in [0.15, 0.2) is 0 Å².